The molecule has 2 aliphatic rings. The van der Waals surface area contributed by atoms with Crippen LogP contribution in [-0.2, 0) is 14.8 Å². The van der Waals surface area contributed by atoms with Crippen molar-refractivity contribution >= 4 is 38.8 Å². The third-order valence-electron chi connectivity index (χ3n) is 7.06. The summed E-state index contributed by atoms with van der Waals surface area (Å²) in [7, 11) is -2.15. The lowest BCUT2D eigenvalue weighted by Crippen LogP contribution is -2.33. The average Bonchev–Trinajstić information content (AvgIpc) is 3.75. The number of carbonyl (C=O) groups excluding carboxylic acids is 1. The Hall–Kier alpha value is -3.40. The molecule has 0 spiro atoms. The number of furan rings is 1. The maximum Gasteiger partial charge on any atom is 0.306 e. The first kappa shape index (κ1) is 24.3. The summed E-state index contributed by atoms with van der Waals surface area (Å²) in [6, 6.07) is 9.45. The van der Waals surface area contributed by atoms with Crippen molar-refractivity contribution in [3.05, 3.63) is 47.0 Å². The Morgan fingerprint density at radius 3 is 2.47 bits per heavy atom. The Balaban J connectivity index is 1.63. The molecule has 2 aliphatic carbocycles. The first-order valence-corrected chi connectivity index (χ1v) is 13.9. The van der Waals surface area contributed by atoms with E-state index < -0.39 is 21.9 Å². The summed E-state index contributed by atoms with van der Waals surface area (Å²) in [4.78, 5) is 28.9. The standard InChI is InChI=1S/C26H29N3O6S/c1-14-4-6-16(7-5-14)22-21(24(30)27-2)20-13-18(15-8-9-15)23(28-25(20)35-22)29(36(3,33)34)11-10-17-12-19(17)26(31)32/h4-7,13,15,17,19H,8-12H2,1-3H3,(H,27,30)(H,31,32)/t17-,19-/m0/s1. The number of nitrogens with zero attached hydrogens (tertiary/aromatic N) is 2. The van der Waals surface area contributed by atoms with Gasteiger partial charge in [-0.3, -0.25) is 13.9 Å². The van der Waals surface area contributed by atoms with E-state index >= 15 is 0 Å². The van der Waals surface area contributed by atoms with Gasteiger partial charge in [0, 0.05) is 19.2 Å². The number of nitrogens with one attached hydrogen (secondary N) is 1. The van der Waals surface area contributed by atoms with Gasteiger partial charge >= 0.3 is 5.97 Å². The third-order valence-corrected chi connectivity index (χ3v) is 8.21. The number of hydrogen-bond donors (Lipinski definition) is 2. The zero-order valence-electron chi connectivity index (χ0n) is 20.4. The molecule has 3 aromatic rings. The van der Waals surface area contributed by atoms with Crippen molar-refractivity contribution in [1.82, 2.24) is 10.3 Å². The summed E-state index contributed by atoms with van der Waals surface area (Å²) in [6.07, 6.45) is 3.93. The molecule has 2 heterocycles. The van der Waals surface area contributed by atoms with Gasteiger partial charge in [-0.15, -0.1) is 0 Å². The van der Waals surface area contributed by atoms with Gasteiger partial charge < -0.3 is 14.8 Å². The largest absolute Gasteiger partial charge is 0.481 e. The number of fused-ring (bicyclic) bond motifs is 1. The molecule has 2 saturated carbocycles. The van der Waals surface area contributed by atoms with Crippen LogP contribution in [0, 0.1) is 18.8 Å². The van der Waals surface area contributed by atoms with Gasteiger partial charge in [-0.2, -0.15) is 4.98 Å². The molecule has 2 aromatic heterocycles. The minimum atomic E-state index is -3.70. The third kappa shape index (κ3) is 4.57. The number of hydrogen-bond acceptors (Lipinski definition) is 6. The van der Waals surface area contributed by atoms with Crippen LogP contribution in [0.3, 0.4) is 0 Å². The van der Waals surface area contributed by atoms with Crippen LogP contribution in [0.4, 0.5) is 5.82 Å². The summed E-state index contributed by atoms with van der Waals surface area (Å²) in [5, 5.41) is 12.4. The molecular formula is C26H29N3O6S. The van der Waals surface area contributed by atoms with Crippen LogP contribution in [-0.4, -0.2) is 50.2 Å². The maximum absolute atomic E-state index is 12.9. The van der Waals surface area contributed by atoms with Gasteiger partial charge in [0.05, 0.1) is 23.1 Å². The Kier molecular flexibility index (Phi) is 6.02. The fraction of sp³-hybridized carbons (Fsp3) is 0.423. The van der Waals surface area contributed by atoms with Gasteiger partial charge in [-0.05, 0) is 56.1 Å². The van der Waals surface area contributed by atoms with E-state index in [-0.39, 0.29) is 30.0 Å². The van der Waals surface area contributed by atoms with E-state index in [1.165, 1.54) is 4.31 Å². The van der Waals surface area contributed by atoms with Gasteiger partial charge in [-0.25, -0.2) is 8.42 Å². The number of carboxylic acids is 1. The monoisotopic (exact) mass is 511 g/mol. The SMILES string of the molecule is CNC(=O)c1c(-c2ccc(C)cc2)oc2nc(N(CC[C@H]3C[C@@H]3C(=O)O)S(C)(=O)=O)c(C3CC3)cc12. The Labute approximate surface area is 209 Å². The molecule has 2 N–H and O–H groups in total. The lowest BCUT2D eigenvalue weighted by atomic mass is 10.0. The van der Waals surface area contributed by atoms with Crippen molar-refractivity contribution < 1.29 is 27.5 Å². The van der Waals surface area contributed by atoms with E-state index in [0.29, 0.717) is 35.4 Å². The highest BCUT2D eigenvalue weighted by Gasteiger charge is 2.43. The summed E-state index contributed by atoms with van der Waals surface area (Å²) >= 11 is 0. The summed E-state index contributed by atoms with van der Waals surface area (Å²) < 4.78 is 33.1. The highest BCUT2D eigenvalue weighted by atomic mass is 32.2. The number of rotatable bonds is 9. The first-order chi connectivity index (χ1) is 17.1. The Bertz CT molecular complexity index is 1460. The molecule has 0 saturated heterocycles. The van der Waals surface area contributed by atoms with Gasteiger partial charge in [0.15, 0.2) is 0 Å². The van der Waals surface area contributed by atoms with Crippen LogP contribution in [0.1, 0.15) is 53.1 Å². The predicted octanol–water partition coefficient (Wildman–Crippen LogP) is 3.92. The normalized spacial score (nSPS) is 19.3. The second-order valence-electron chi connectivity index (χ2n) is 9.84. The van der Waals surface area contributed by atoms with Crippen molar-refractivity contribution in [2.75, 3.05) is 24.2 Å². The fourth-order valence-corrected chi connectivity index (χ4v) is 5.66. The van der Waals surface area contributed by atoms with E-state index in [2.05, 4.69) is 10.3 Å². The molecule has 190 valence electrons. The van der Waals surface area contributed by atoms with E-state index in [9.17, 15) is 23.1 Å². The number of aryl methyl sites for hydroxylation is 1. The first-order valence-electron chi connectivity index (χ1n) is 12.1. The molecule has 2 atom stereocenters. The zero-order valence-corrected chi connectivity index (χ0v) is 21.3. The van der Waals surface area contributed by atoms with Crippen LogP contribution in [0.15, 0.2) is 34.7 Å². The minimum Gasteiger partial charge on any atom is -0.481 e. The van der Waals surface area contributed by atoms with Crippen LogP contribution in [0.25, 0.3) is 22.4 Å². The van der Waals surface area contributed by atoms with E-state index in [0.717, 1.165) is 35.8 Å². The van der Waals surface area contributed by atoms with E-state index in [1.54, 1.807) is 7.05 Å². The smallest absolute Gasteiger partial charge is 0.306 e. The lowest BCUT2D eigenvalue weighted by molar-refractivity contribution is -0.138. The lowest BCUT2D eigenvalue weighted by Gasteiger charge is -2.24. The topological polar surface area (TPSA) is 130 Å². The maximum atomic E-state index is 12.9. The number of sulfonamides is 1. The van der Waals surface area contributed by atoms with Crippen LogP contribution < -0.4 is 9.62 Å². The number of benzene rings is 1. The molecule has 1 amide bonds. The van der Waals surface area contributed by atoms with Crippen molar-refractivity contribution in [3.8, 4) is 11.3 Å². The fourth-order valence-electron chi connectivity index (χ4n) is 4.76. The molecule has 0 radical (unpaired) electrons. The molecule has 10 heteroatoms. The number of pyridine rings is 1. The second-order valence-corrected chi connectivity index (χ2v) is 11.8. The van der Waals surface area contributed by atoms with Crippen molar-refractivity contribution in [3.63, 3.8) is 0 Å². The Morgan fingerprint density at radius 1 is 1.22 bits per heavy atom. The highest BCUT2D eigenvalue weighted by molar-refractivity contribution is 7.92. The average molecular weight is 512 g/mol. The quantitative estimate of drug-likeness (QED) is 0.445. The van der Waals surface area contributed by atoms with Gasteiger partial charge in [0.25, 0.3) is 5.91 Å². The van der Waals surface area contributed by atoms with E-state index in [4.69, 9.17) is 4.42 Å². The second kappa shape index (κ2) is 8.92. The number of amides is 1. The van der Waals surface area contributed by atoms with Crippen LogP contribution in [0.2, 0.25) is 0 Å². The summed E-state index contributed by atoms with van der Waals surface area (Å²) in [5.74, 6) is -0.793. The molecule has 0 unspecified atom stereocenters. The Morgan fingerprint density at radius 2 is 1.92 bits per heavy atom. The van der Waals surface area contributed by atoms with Gasteiger partial charge in [0.1, 0.15) is 11.6 Å². The molecule has 36 heavy (non-hydrogen) atoms. The van der Waals surface area contributed by atoms with Gasteiger partial charge in [-0.1, -0.05) is 29.8 Å². The highest BCUT2D eigenvalue weighted by Crippen LogP contribution is 2.47. The molecule has 0 aliphatic heterocycles. The van der Waals surface area contributed by atoms with Crippen molar-refractivity contribution in [1.29, 1.82) is 0 Å². The number of aliphatic carboxylic acids is 1. The molecule has 1 aromatic carbocycles. The van der Waals surface area contributed by atoms with Crippen LogP contribution in [0.5, 0.6) is 0 Å². The zero-order chi connectivity index (χ0) is 25.8. The molecule has 2 fully saturated rings. The predicted molar refractivity (Wildman–Crippen MR) is 136 cm³/mol. The number of carbonyl (C=O) groups is 2. The van der Waals surface area contributed by atoms with E-state index in [1.807, 2.05) is 37.3 Å². The molecular weight excluding hydrogens is 482 g/mol. The molecule has 5 rings (SSSR count). The number of anilines is 1. The number of carboxylic acid groups (broad SMARTS) is 1. The summed E-state index contributed by atoms with van der Waals surface area (Å²) in [5.41, 5.74) is 3.11. The van der Waals surface area contributed by atoms with Crippen molar-refractivity contribution in [2.45, 2.75) is 38.5 Å². The van der Waals surface area contributed by atoms with Gasteiger partial charge in [0.2, 0.25) is 15.7 Å². The minimum absolute atomic E-state index is 0.0449. The molecule has 9 nitrogen and oxygen atoms in total. The molecule has 0 bridgehead atoms. The van der Waals surface area contributed by atoms with Crippen molar-refractivity contribution in [2.24, 2.45) is 11.8 Å². The van der Waals surface area contributed by atoms with Crippen LogP contribution >= 0.6 is 0 Å². The number of aromatic nitrogens is 1. The summed E-state index contributed by atoms with van der Waals surface area (Å²) in [6.45, 7) is 2.11.